The van der Waals surface area contributed by atoms with Crippen LogP contribution < -0.4 is 5.32 Å². The van der Waals surface area contributed by atoms with Crippen molar-refractivity contribution in [2.45, 2.75) is 19.1 Å². The minimum absolute atomic E-state index is 0.274. The van der Waals surface area contributed by atoms with Gasteiger partial charge in [-0.3, -0.25) is 4.68 Å². The third-order valence-electron chi connectivity index (χ3n) is 3.12. The molecule has 0 amide bonds. The van der Waals surface area contributed by atoms with Crippen LogP contribution in [0.25, 0.3) is 0 Å². The third-order valence-corrected chi connectivity index (χ3v) is 3.89. The largest absolute Gasteiger partial charge is 0.384 e. The third kappa shape index (κ3) is 3.65. The smallest absolute Gasteiger partial charge is 0.123 e. The van der Waals surface area contributed by atoms with Gasteiger partial charge in [-0.15, -0.1) is 0 Å². The first-order chi connectivity index (χ1) is 9.38. The van der Waals surface area contributed by atoms with Crippen molar-refractivity contribution in [2.24, 2.45) is 7.05 Å². The number of aliphatic hydroxyl groups is 1. The van der Waals surface area contributed by atoms with E-state index >= 15 is 0 Å². The average Bonchev–Trinajstić information content (AvgIpc) is 2.81. The van der Waals surface area contributed by atoms with Gasteiger partial charge in [0.25, 0.3) is 0 Å². The number of benzene rings is 1. The normalized spacial score (nSPS) is 14.2. The van der Waals surface area contributed by atoms with E-state index < -0.39 is 5.60 Å². The molecule has 20 heavy (non-hydrogen) atoms. The summed E-state index contributed by atoms with van der Waals surface area (Å²) in [5, 5.41) is 17.6. The van der Waals surface area contributed by atoms with E-state index in [1.54, 1.807) is 37.1 Å². The number of aryl methyl sites for hydroxylation is 1. The lowest BCUT2D eigenvalue weighted by Gasteiger charge is -2.22. The van der Waals surface area contributed by atoms with E-state index in [-0.39, 0.29) is 5.82 Å². The molecular weight excluding hydrogens is 325 g/mol. The van der Waals surface area contributed by atoms with Crippen molar-refractivity contribution in [2.75, 3.05) is 6.54 Å². The van der Waals surface area contributed by atoms with Gasteiger partial charge in [0.05, 0.1) is 6.20 Å². The van der Waals surface area contributed by atoms with Crippen molar-refractivity contribution in [3.8, 4) is 0 Å². The van der Waals surface area contributed by atoms with Gasteiger partial charge in [-0.25, -0.2) is 4.39 Å². The standard InChI is InChI=1S/C14H17BrFN3O/c1-14(20,11-7-18-19(2)8-11)9-17-6-10-5-12(16)3-4-13(10)15/h3-5,7-8,17,20H,6,9H2,1-2H3/t14-/m0/s1. The first-order valence-electron chi connectivity index (χ1n) is 6.24. The molecular formula is C14H17BrFN3O. The summed E-state index contributed by atoms with van der Waals surface area (Å²) >= 11 is 3.38. The van der Waals surface area contributed by atoms with Gasteiger partial charge in [-0.1, -0.05) is 15.9 Å². The van der Waals surface area contributed by atoms with E-state index in [4.69, 9.17) is 0 Å². The van der Waals surface area contributed by atoms with Gasteiger partial charge < -0.3 is 10.4 Å². The van der Waals surface area contributed by atoms with Crippen LogP contribution in [0.5, 0.6) is 0 Å². The molecule has 0 saturated heterocycles. The van der Waals surface area contributed by atoms with Gasteiger partial charge in [0.15, 0.2) is 0 Å². The van der Waals surface area contributed by atoms with Crippen LogP contribution in [-0.4, -0.2) is 21.4 Å². The highest BCUT2D eigenvalue weighted by Gasteiger charge is 2.24. The molecule has 0 fully saturated rings. The fourth-order valence-corrected chi connectivity index (χ4v) is 2.31. The molecule has 0 aliphatic rings. The molecule has 1 heterocycles. The van der Waals surface area contributed by atoms with Crippen LogP contribution in [0.15, 0.2) is 35.1 Å². The lowest BCUT2D eigenvalue weighted by molar-refractivity contribution is 0.0566. The predicted octanol–water partition coefficient (Wildman–Crippen LogP) is 2.32. The number of hydrogen-bond donors (Lipinski definition) is 2. The Bertz CT molecular complexity index is 598. The van der Waals surface area contributed by atoms with Gasteiger partial charge in [0, 0.05) is 36.4 Å². The summed E-state index contributed by atoms with van der Waals surface area (Å²) in [6.45, 7) is 2.54. The zero-order valence-corrected chi connectivity index (χ0v) is 13.0. The van der Waals surface area contributed by atoms with Crippen LogP contribution in [0, 0.1) is 5.82 Å². The van der Waals surface area contributed by atoms with Crippen LogP contribution >= 0.6 is 15.9 Å². The zero-order valence-electron chi connectivity index (χ0n) is 11.4. The monoisotopic (exact) mass is 341 g/mol. The molecule has 108 valence electrons. The summed E-state index contributed by atoms with van der Waals surface area (Å²) in [5.41, 5.74) is 0.534. The molecule has 1 atom stereocenters. The molecule has 2 rings (SSSR count). The first-order valence-corrected chi connectivity index (χ1v) is 7.04. The highest BCUT2D eigenvalue weighted by atomic mass is 79.9. The van der Waals surface area contributed by atoms with E-state index in [0.717, 1.165) is 15.6 Å². The Kier molecular flexibility index (Phi) is 4.57. The molecule has 0 radical (unpaired) electrons. The van der Waals surface area contributed by atoms with Crippen LogP contribution in [0.2, 0.25) is 0 Å². The van der Waals surface area contributed by atoms with Gasteiger partial charge >= 0.3 is 0 Å². The lowest BCUT2D eigenvalue weighted by Crippen LogP contribution is -2.35. The second-order valence-electron chi connectivity index (χ2n) is 5.02. The fourth-order valence-electron chi connectivity index (χ4n) is 1.92. The molecule has 1 aromatic heterocycles. The van der Waals surface area contributed by atoms with Crippen molar-refractivity contribution in [1.29, 1.82) is 0 Å². The SMILES string of the molecule is Cn1cc([C@@](C)(O)CNCc2cc(F)ccc2Br)cn1. The average molecular weight is 342 g/mol. The fraction of sp³-hybridized carbons (Fsp3) is 0.357. The Morgan fingerprint density at radius 2 is 2.25 bits per heavy atom. The summed E-state index contributed by atoms with van der Waals surface area (Å²) in [6.07, 6.45) is 3.42. The highest BCUT2D eigenvalue weighted by molar-refractivity contribution is 9.10. The van der Waals surface area contributed by atoms with Crippen molar-refractivity contribution in [3.63, 3.8) is 0 Å². The topological polar surface area (TPSA) is 50.1 Å². The predicted molar refractivity (Wildman–Crippen MR) is 78.6 cm³/mol. The molecule has 0 saturated carbocycles. The van der Waals surface area contributed by atoms with E-state index in [9.17, 15) is 9.50 Å². The number of halogens is 2. The highest BCUT2D eigenvalue weighted by Crippen LogP contribution is 2.20. The van der Waals surface area contributed by atoms with Crippen LogP contribution in [-0.2, 0) is 19.2 Å². The molecule has 0 aliphatic heterocycles. The summed E-state index contributed by atoms with van der Waals surface area (Å²) in [6, 6.07) is 4.54. The van der Waals surface area contributed by atoms with E-state index in [0.29, 0.717) is 13.1 Å². The van der Waals surface area contributed by atoms with Crippen LogP contribution in [0.4, 0.5) is 4.39 Å². The number of nitrogens with zero attached hydrogens (tertiary/aromatic N) is 2. The Balaban J connectivity index is 1.97. The van der Waals surface area contributed by atoms with Gasteiger partial charge in [0.1, 0.15) is 11.4 Å². The second kappa shape index (κ2) is 6.03. The lowest BCUT2D eigenvalue weighted by atomic mass is 9.99. The first kappa shape index (κ1) is 15.2. The number of aromatic nitrogens is 2. The van der Waals surface area contributed by atoms with E-state index in [2.05, 4.69) is 26.3 Å². The Labute approximate surface area is 125 Å². The molecule has 0 spiro atoms. The van der Waals surface area contributed by atoms with Crippen molar-refractivity contribution < 1.29 is 9.50 Å². The summed E-state index contributed by atoms with van der Waals surface area (Å²) in [4.78, 5) is 0. The van der Waals surface area contributed by atoms with Gasteiger partial charge in [0.2, 0.25) is 0 Å². The molecule has 1 aromatic carbocycles. The maximum Gasteiger partial charge on any atom is 0.123 e. The Hall–Kier alpha value is -1.24. The maximum atomic E-state index is 13.2. The minimum atomic E-state index is -1.02. The van der Waals surface area contributed by atoms with Crippen molar-refractivity contribution >= 4 is 15.9 Å². The van der Waals surface area contributed by atoms with Crippen LogP contribution in [0.1, 0.15) is 18.1 Å². The Morgan fingerprint density at radius 3 is 2.90 bits per heavy atom. The molecule has 6 heteroatoms. The quantitative estimate of drug-likeness (QED) is 0.877. The van der Waals surface area contributed by atoms with Gasteiger partial charge in [-0.05, 0) is 30.7 Å². The Morgan fingerprint density at radius 1 is 1.50 bits per heavy atom. The van der Waals surface area contributed by atoms with E-state index in [1.807, 2.05) is 0 Å². The van der Waals surface area contributed by atoms with E-state index in [1.165, 1.54) is 12.1 Å². The number of hydrogen-bond acceptors (Lipinski definition) is 3. The second-order valence-corrected chi connectivity index (χ2v) is 5.87. The number of rotatable bonds is 5. The molecule has 2 aromatic rings. The summed E-state index contributed by atoms with van der Waals surface area (Å²) in [7, 11) is 1.80. The minimum Gasteiger partial charge on any atom is -0.384 e. The summed E-state index contributed by atoms with van der Waals surface area (Å²) < 4.78 is 15.7. The maximum absolute atomic E-state index is 13.2. The number of nitrogens with one attached hydrogen (secondary N) is 1. The molecule has 0 aliphatic carbocycles. The molecule has 0 unspecified atom stereocenters. The molecule has 0 bridgehead atoms. The van der Waals surface area contributed by atoms with Crippen molar-refractivity contribution in [1.82, 2.24) is 15.1 Å². The van der Waals surface area contributed by atoms with Gasteiger partial charge in [-0.2, -0.15) is 5.10 Å². The summed E-state index contributed by atoms with van der Waals surface area (Å²) in [5.74, 6) is -0.274. The zero-order chi connectivity index (χ0) is 14.8. The molecule has 2 N–H and O–H groups in total. The van der Waals surface area contributed by atoms with Crippen LogP contribution in [0.3, 0.4) is 0 Å². The molecule has 4 nitrogen and oxygen atoms in total. The van der Waals surface area contributed by atoms with Crippen molar-refractivity contribution in [3.05, 3.63) is 52.0 Å².